The first-order valence-corrected chi connectivity index (χ1v) is 30.0. The maximum Gasteiger partial charge on any atom is 0.408 e. The Balaban J connectivity index is 1.30. The Bertz CT molecular complexity index is 1580. The number of alkyl carbamates (subject to hydrolysis) is 1. The molecule has 4 aliphatic rings. The molecule has 3 fully saturated rings. The summed E-state index contributed by atoms with van der Waals surface area (Å²) < 4.78 is 5.66. The van der Waals surface area contributed by atoms with E-state index in [4.69, 9.17) is 4.74 Å². The molecular weight excluding hydrogens is 873 g/mol. The van der Waals surface area contributed by atoms with Crippen molar-refractivity contribution < 1.29 is 24.2 Å². The molecule has 9 nitrogen and oxygen atoms in total. The zero-order valence-corrected chi connectivity index (χ0v) is 46.9. The average Bonchev–Trinajstić information content (AvgIpc) is 3.64. The van der Waals surface area contributed by atoms with Crippen molar-refractivity contribution in [2.75, 3.05) is 31.9 Å². The fourth-order valence-electron chi connectivity index (χ4n) is 14.0. The van der Waals surface area contributed by atoms with E-state index in [0.29, 0.717) is 42.0 Å². The molecule has 0 heterocycles. The van der Waals surface area contributed by atoms with E-state index >= 15 is 0 Å². The zero-order valence-electron chi connectivity index (χ0n) is 45.2. The van der Waals surface area contributed by atoms with Crippen LogP contribution < -0.4 is 16.0 Å². The molecule has 0 aromatic rings. The maximum absolute atomic E-state index is 14.1. The van der Waals surface area contributed by atoms with Gasteiger partial charge in [0.1, 0.15) is 5.60 Å². The highest BCUT2D eigenvalue weighted by atomic mass is 33.1. The first kappa shape index (κ1) is 58.0. The van der Waals surface area contributed by atoms with Gasteiger partial charge in [-0.1, -0.05) is 115 Å². The largest absolute Gasteiger partial charge is 0.465 e. The van der Waals surface area contributed by atoms with Crippen LogP contribution in [0.2, 0.25) is 0 Å². The Morgan fingerprint density at radius 3 is 2.16 bits per heavy atom. The molecule has 388 valence electrons. The minimum absolute atomic E-state index is 0.195. The summed E-state index contributed by atoms with van der Waals surface area (Å²) in [5.41, 5.74) is 1.18. The van der Waals surface area contributed by atoms with Crippen molar-refractivity contribution in [3.05, 3.63) is 11.6 Å². The van der Waals surface area contributed by atoms with Crippen LogP contribution in [-0.2, 0) is 9.53 Å². The molecule has 0 radical (unpaired) electrons. The van der Waals surface area contributed by atoms with Crippen LogP contribution >= 0.6 is 21.6 Å². The van der Waals surface area contributed by atoms with Crippen molar-refractivity contribution in [2.24, 2.45) is 52.3 Å². The molecule has 67 heavy (non-hydrogen) atoms. The number of unbranched alkanes of at least 4 members (excludes halogenated alkanes) is 1. The van der Waals surface area contributed by atoms with E-state index in [1.807, 2.05) is 61.1 Å². The van der Waals surface area contributed by atoms with Crippen molar-refractivity contribution in [3.8, 4) is 0 Å². The van der Waals surface area contributed by atoms with Crippen molar-refractivity contribution >= 4 is 39.7 Å². The normalized spacial score (nSPS) is 27.3. The molecule has 3 amide bonds. The van der Waals surface area contributed by atoms with Crippen LogP contribution in [0.5, 0.6) is 0 Å². The zero-order chi connectivity index (χ0) is 49.6. The lowest BCUT2D eigenvalue weighted by atomic mass is 9.47. The topological polar surface area (TPSA) is 120 Å². The van der Waals surface area contributed by atoms with E-state index in [1.165, 1.54) is 70.6 Å². The molecule has 0 aromatic heterocycles. The van der Waals surface area contributed by atoms with Crippen molar-refractivity contribution in [2.45, 2.75) is 240 Å². The van der Waals surface area contributed by atoms with Gasteiger partial charge in [0.2, 0.25) is 5.91 Å². The number of ether oxygens (including phenoxy) is 1. The molecule has 11 heteroatoms. The minimum Gasteiger partial charge on any atom is -0.465 e. The van der Waals surface area contributed by atoms with Gasteiger partial charge >= 0.3 is 12.2 Å². The number of hydrogen-bond donors (Lipinski definition) is 4. The quantitative estimate of drug-likeness (QED) is 0.0348. The Kier molecular flexibility index (Phi) is 22.7. The molecule has 0 saturated heterocycles. The van der Waals surface area contributed by atoms with Gasteiger partial charge in [0.25, 0.3) is 0 Å². The van der Waals surface area contributed by atoms with Gasteiger partial charge in [-0.05, 0) is 195 Å². The van der Waals surface area contributed by atoms with Crippen molar-refractivity contribution in [3.63, 3.8) is 0 Å². The fourth-order valence-corrected chi connectivity index (χ4v) is 16.6. The van der Waals surface area contributed by atoms with Gasteiger partial charge in [-0.3, -0.25) is 4.79 Å². The Morgan fingerprint density at radius 2 is 1.54 bits per heavy atom. The van der Waals surface area contributed by atoms with Gasteiger partial charge < -0.3 is 30.7 Å². The number of carbonyl (C=O) groups is 3. The lowest BCUT2D eigenvalue weighted by molar-refractivity contribution is -0.131. The van der Waals surface area contributed by atoms with Crippen LogP contribution in [0.3, 0.4) is 0 Å². The second kappa shape index (κ2) is 26.2. The highest BCUT2D eigenvalue weighted by Crippen LogP contribution is 2.68. The smallest absolute Gasteiger partial charge is 0.408 e. The highest BCUT2D eigenvalue weighted by molar-refractivity contribution is 8.76. The molecule has 0 aromatic carbocycles. The van der Waals surface area contributed by atoms with E-state index in [1.54, 1.807) is 5.57 Å². The summed E-state index contributed by atoms with van der Waals surface area (Å²) in [5, 5.41) is 19.5. The number of hydrogen-bond acceptors (Lipinski definition) is 7. The fraction of sp³-hybridized carbons (Fsp3) is 0.911. The van der Waals surface area contributed by atoms with Crippen LogP contribution in [0.4, 0.5) is 9.59 Å². The molecule has 0 spiro atoms. The number of rotatable bonds is 28. The number of amides is 3. The van der Waals surface area contributed by atoms with Crippen LogP contribution in [0.25, 0.3) is 0 Å². The SMILES string of the molecule is CC[C@H](CC[C@@H](C)[C@H]1CC[C@H]2[C@@H]3CC=C4C[C@@H](SSCCC(=O)N(CCCCNCCC(CC)(CC)NC(=O)O)CCC(CC)(CC)NC(=O)OC(C)(C)C)CC[C@]4(C)[C@H]3CC[C@]12C)C(C)C. The highest BCUT2D eigenvalue weighted by Gasteiger charge is 2.59. The van der Waals surface area contributed by atoms with Gasteiger partial charge in [0.05, 0.1) is 0 Å². The number of fused-ring (bicyclic) bond motifs is 5. The maximum atomic E-state index is 14.1. The molecule has 0 unspecified atom stereocenters. The average molecular weight is 976 g/mol. The van der Waals surface area contributed by atoms with E-state index in [2.05, 4.69) is 77.4 Å². The van der Waals surface area contributed by atoms with Gasteiger partial charge in [0, 0.05) is 41.6 Å². The predicted molar refractivity (Wildman–Crippen MR) is 286 cm³/mol. The number of carboxylic acid groups (broad SMARTS) is 1. The summed E-state index contributed by atoms with van der Waals surface area (Å²) in [7, 11) is 3.93. The van der Waals surface area contributed by atoms with E-state index in [9.17, 15) is 19.5 Å². The Hall–Kier alpha value is -1.59. The summed E-state index contributed by atoms with van der Waals surface area (Å²) in [6.45, 7) is 32.0. The van der Waals surface area contributed by atoms with Gasteiger partial charge in [0.15, 0.2) is 0 Å². The Morgan fingerprint density at radius 1 is 0.851 bits per heavy atom. The minimum atomic E-state index is -0.968. The third-order valence-electron chi connectivity index (χ3n) is 18.8. The lowest BCUT2D eigenvalue weighted by Gasteiger charge is -2.58. The summed E-state index contributed by atoms with van der Waals surface area (Å²) in [6, 6.07) is 0. The third-order valence-corrected chi connectivity index (χ3v) is 21.7. The molecule has 3 saturated carbocycles. The first-order valence-electron chi connectivity index (χ1n) is 27.6. The van der Waals surface area contributed by atoms with Crippen LogP contribution in [0, 0.1) is 52.3 Å². The molecule has 4 N–H and O–H groups in total. The van der Waals surface area contributed by atoms with Gasteiger partial charge in [-0.25, -0.2) is 9.59 Å². The van der Waals surface area contributed by atoms with E-state index < -0.39 is 28.9 Å². The number of allylic oxidation sites excluding steroid dienone is 2. The molecule has 0 aliphatic heterocycles. The summed E-state index contributed by atoms with van der Waals surface area (Å²) in [6.07, 6.45) is 23.1. The number of carbonyl (C=O) groups excluding carboxylic acids is 2. The van der Waals surface area contributed by atoms with Gasteiger partial charge in [-0.2, -0.15) is 0 Å². The standard InChI is InChI=1S/C56H102N4O5S2/c1-14-42(40(6)7)22-21-41(8)46-25-26-47-45-24-23-43-39-44(27-30-53(43,12)48(45)28-31-54(46,47)13)67-66-38-29-49(61)60(37-33-56(17-4,18-5)59-51(64)65-52(9,10)11)36-20-19-34-57-35-32-55(15-2,16-3)58-50(62)63/h23,40-42,44-48,57-58H,14-22,24-39H2,1-13H3,(H,59,64)(H,62,63)/t41-,42-,44+,45+,46-,47+,48+,53+,54-/m1/s1. The van der Waals surface area contributed by atoms with Crippen LogP contribution in [0.1, 0.15) is 218 Å². The molecule has 0 bridgehead atoms. The second-order valence-electron chi connectivity index (χ2n) is 23.9. The lowest BCUT2D eigenvalue weighted by Crippen LogP contribution is -2.51. The molecule has 9 atom stereocenters. The second-order valence-corrected chi connectivity index (χ2v) is 26.6. The molecule has 4 rings (SSSR count). The monoisotopic (exact) mass is 975 g/mol. The van der Waals surface area contributed by atoms with Crippen LogP contribution in [-0.4, -0.2) is 82.0 Å². The first-order chi connectivity index (χ1) is 31.6. The van der Waals surface area contributed by atoms with Crippen molar-refractivity contribution in [1.29, 1.82) is 0 Å². The summed E-state index contributed by atoms with van der Waals surface area (Å²) >= 11 is 0. The van der Waals surface area contributed by atoms with E-state index in [-0.39, 0.29) is 5.91 Å². The Labute approximate surface area is 419 Å². The number of nitrogens with one attached hydrogen (secondary N) is 3. The summed E-state index contributed by atoms with van der Waals surface area (Å²) in [5.74, 6) is 6.98. The summed E-state index contributed by atoms with van der Waals surface area (Å²) in [4.78, 5) is 40.5. The number of nitrogens with zero attached hydrogens (tertiary/aromatic N) is 1. The van der Waals surface area contributed by atoms with Crippen LogP contribution in [0.15, 0.2) is 11.6 Å². The predicted octanol–water partition coefficient (Wildman–Crippen LogP) is 14.7. The van der Waals surface area contributed by atoms with E-state index in [0.717, 1.165) is 105 Å². The van der Waals surface area contributed by atoms with Gasteiger partial charge in [-0.15, -0.1) is 0 Å². The van der Waals surface area contributed by atoms with Crippen molar-refractivity contribution in [1.82, 2.24) is 20.9 Å². The molecular formula is C56H102N4O5S2. The third kappa shape index (κ3) is 15.7. The molecule has 4 aliphatic carbocycles.